The number of primary amides is 1. The third kappa shape index (κ3) is 6.75. The Morgan fingerprint density at radius 3 is 2.53 bits per heavy atom. The third-order valence-electron chi connectivity index (χ3n) is 2.57. The maximum Gasteiger partial charge on any atom is 0.404 e. The van der Waals surface area contributed by atoms with Crippen molar-refractivity contribution in [2.75, 3.05) is 13.2 Å². The lowest BCUT2D eigenvalue weighted by Gasteiger charge is -2.29. The predicted molar refractivity (Wildman–Crippen MR) is 69.7 cm³/mol. The summed E-state index contributed by atoms with van der Waals surface area (Å²) in [7, 11) is 0. The van der Waals surface area contributed by atoms with Crippen molar-refractivity contribution in [3.05, 3.63) is 0 Å². The Hall–Kier alpha value is -0.850. The summed E-state index contributed by atoms with van der Waals surface area (Å²) in [4.78, 5) is 10.7. The van der Waals surface area contributed by atoms with Crippen LogP contribution in [0, 0.1) is 0 Å². The molecule has 0 saturated carbocycles. The van der Waals surface area contributed by atoms with Gasteiger partial charge in [-0.3, -0.25) is 0 Å². The van der Waals surface area contributed by atoms with Crippen molar-refractivity contribution in [1.29, 1.82) is 0 Å². The molecule has 1 fully saturated rings. The van der Waals surface area contributed by atoms with E-state index in [4.69, 9.17) is 24.7 Å². The van der Waals surface area contributed by atoms with Gasteiger partial charge in [-0.05, 0) is 34.6 Å². The van der Waals surface area contributed by atoms with Crippen LogP contribution in [0.15, 0.2) is 0 Å². The van der Waals surface area contributed by atoms with Crippen molar-refractivity contribution in [1.82, 2.24) is 0 Å². The van der Waals surface area contributed by atoms with Crippen LogP contribution in [0.1, 0.15) is 41.0 Å². The number of hydrogen-bond donors (Lipinski definition) is 1. The summed E-state index contributed by atoms with van der Waals surface area (Å²) >= 11 is 0. The molecule has 1 aliphatic rings. The fourth-order valence-electron chi connectivity index (χ4n) is 1.93. The standard InChI is InChI=1S/C13H25NO5/c1-12(2,3)19-10(8-16-11(14)15)18-9-6-13(4,5)17-7-9/h9-10H,6-8H2,1-5H3,(H2,14,15). The Morgan fingerprint density at radius 2 is 2.11 bits per heavy atom. The Balaban J connectivity index is 2.51. The molecule has 0 bridgehead atoms. The molecule has 1 saturated heterocycles. The first-order valence-electron chi connectivity index (χ1n) is 6.47. The first kappa shape index (κ1) is 16.2. The summed E-state index contributed by atoms with van der Waals surface area (Å²) < 4.78 is 21.9. The van der Waals surface area contributed by atoms with Crippen LogP contribution in [0.5, 0.6) is 0 Å². The Kier molecular flexibility index (Phi) is 5.18. The van der Waals surface area contributed by atoms with E-state index < -0.39 is 18.0 Å². The average molecular weight is 275 g/mol. The lowest BCUT2D eigenvalue weighted by molar-refractivity contribution is -0.227. The van der Waals surface area contributed by atoms with E-state index in [1.54, 1.807) is 0 Å². The summed E-state index contributed by atoms with van der Waals surface area (Å²) in [5, 5.41) is 0. The van der Waals surface area contributed by atoms with Gasteiger partial charge in [0.2, 0.25) is 0 Å². The van der Waals surface area contributed by atoms with E-state index in [9.17, 15) is 4.79 Å². The van der Waals surface area contributed by atoms with Crippen LogP contribution in [0.25, 0.3) is 0 Å². The van der Waals surface area contributed by atoms with Crippen LogP contribution in [0.3, 0.4) is 0 Å². The normalized spacial score (nSPS) is 24.2. The van der Waals surface area contributed by atoms with E-state index in [1.165, 1.54) is 0 Å². The predicted octanol–water partition coefficient (Wildman–Crippen LogP) is 1.81. The van der Waals surface area contributed by atoms with Gasteiger partial charge in [0.15, 0.2) is 6.29 Å². The lowest BCUT2D eigenvalue weighted by Crippen LogP contribution is -2.37. The van der Waals surface area contributed by atoms with Crippen LogP contribution < -0.4 is 5.73 Å². The van der Waals surface area contributed by atoms with Gasteiger partial charge >= 0.3 is 6.09 Å². The SMILES string of the molecule is CC(C)(C)OC(COC(N)=O)OC1COC(C)(C)C1. The van der Waals surface area contributed by atoms with Gasteiger partial charge in [0, 0.05) is 6.42 Å². The highest BCUT2D eigenvalue weighted by Gasteiger charge is 2.35. The van der Waals surface area contributed by atoms with E-state index in [1.807, 2.05) is 34.6 Å². The van der Waals surface area contributed by atoms with Crippen LogP contribution >= 0.6 is 0 Å². The van der Waals surface area contributed by atoms with Crippen LogP contribution in [-0.4, -0.2) is 42.9 Å². The zero-order valence-corrected chi connectivity index (χ0v) is 12.4. The molecule has 112 valence electrons. The molecule has 0 aliphatic carbocycles. The van der Waals surface area contributed by atoms with Crippen molar-refractivity contribution in [2.24, 2.45) is 5.73 Å². The largest absolute Gasteiger partial charge is 0.444 e. The highest BCUT2D eigenvalue weighted by atomic mass is 16.7. The number of carbonyl (C=O) groups is 1. The van der Waals surface area contributed by atoms with Gasteiger partial charge in [-0.15, -0.1) is 0 Å². The summed E-state index contributed by atoms with van der Waals surface area (Å²) in [5.41, 5.74) is 4.36. The van der Waals surface area contributed by atoms with E-state index in [0.717, 1.165) is 6.42 Å². The molecule has 1 aliphatic heterocycles. The fourth-order valence-corrected chi connectivity index (χ4v) is 1.93. The molecule has 2 N–H and O–H groups in total. The fraction of sp³-hybridized carbons (Fsp3) is 0.923. The minimum Gasteiger partial charge on any atom is -0.444 e. The van der Waals surface area contributed by atoms with E-state index in [2.05, 4.69) is 0 Å². The number of amides is 1. The molecule has 0 aromatic carbocycles. The third-order valence-corrected chi connectivity index (χ3v) is 2.57. The molecule has 0 aromatic heterocycles. The maximum absolute atomic E-state index is 10.7. The van der Waals surface area contributed by atoms with Crippen molar-refractivity contribution in [2.45, 2.75) is 64.6 Å². The first-order valence-corrected chi connectivity index (χ1v) is 6.47. The molecular weight excluding hydrogens is 250 g/mol. The van der Waals surface area contributed by atoms with Gasteiger partial charge in [0.1, 0.15) is 6.61 Å². The second-order valence-electron chi connectivity index (χ2n) is 6.32. The second-order valence-corrected chi connectivity index (χ2v) is 6.32. The molecule has 6 nitrogen and oxygen atoms in total. The van der Waals surface area contributed by atoms with E-state index >= 15 is 0 Å². The van der Waals surface area contributed by atoms with Gasteiger partial charge in [0.25, 0.3) is 0 Å². The Labute approximate surface area is 114 Å². The topological polar surface area (TPSA) is 80.0 Å². The molecule has 0 spiro atoms. The van der Waals surface area contributed by atoms with Crippen LogP contribution in [0.4, 0.5) is 4.79 Å². The minimum atomic E-state index is -0.839. The molecule has 6 heteroatoms. The number of rotatable bonds is 5. The number of ether oxygens (including phenoxy) is 4. The maximum atomic E-state index is 10.7. The highest BCUT2D eigenvalue weighted by Crippen LogP contribution is 2.28. The van der Waals surface area contributed by atoms with E-state index in [0.29, 0.717) is 6.61 Å². The average Bonchev–Trinajstić information content (AvgIpc) is 2.52. The Bertz CT molecular complexity index is 311. The molecule has 19 heavy (non-hydrogen) atoms. The zero-order valence-electron chi connectivity index (χ0n) is 12.4. The number of hydrogen-bond acceptors (Lipinski definition) is 5. The van der Waals surface area contributed by atoms with Crippen molar-refractivity contribution in [3.8, 4) is 0 Å². The van der Waals surface area contributed by atoms with Gasteiger partial charge in [-0.1, -0.05) is 0 Å². The van der Waals surface area contributed by atoms with Crippen LogP contribution in [-0.2, 0) is 18.9 Å². The monoisotopic (exact) mass is 275 g/mol. The molecule has 1 heterocycles. The molecule has 2 atom stereocenters. The van der Waals surface area contributed by atoms with Crippen LogP contribution in [0.2, 0.25) is 0 Å². The molecule has 1 rings (SSSR count). The highest BCUT2D eigenvalue weighted by molar-refractivity contribution is 5.64. The quantitative estimate of drug-likeness (QED) is 0.774. The second kappa shape index (κ2) is 6.07. The van der Waals surface area contributed by atoms with Gasteiger partial charge in [0.05, 0.1) is 23.9 Å². The van der Waals surface area contributed by atoms with Crippen molar-refractivity contribution < 1.29 is 23.7 Å². The van der Waals surface area contributed by atoms with Crippen molar-refractivity contribution in [3.63, 3.8) is 0 Å². The number of carbonyl (C=O) groups excluding carboxylic acids is 1. The summed E-state index contributed by atoms with van der Waals surface area (Å²) in [6.45, 7) is 10.2. The Morgan fingerprint density at radius 1 is 1.47 bits per heavy atom. The summed E-state index contributed by atoms with van der Waals surface area (Å²) in [5.74, 6) is 0. The molecule has 1 amide bonds. The van der Waals surface area contributed by atoms with Gasteiger partial charge in [-0.25, -0.2) is 4.79 Å². The molecular formula is C13H25NO5. The van der Waals surface area contributed by atoms with E-state index in [-0.39, 0.29) is 18.3 Å². The smallest absolute Gasteiger partial charge is 0.404 e. The van der Waals surface area contributed by atoms with Gasteiger partial charge in [-0.2, -0.15) is 0 Å². The van der Waals surface area contributed by atoms with Gasteiger partial charge < -0.3 is 24.7 Å². The lowest BCUT2D eigenvalue weighted by atomic mass is 10.1. The number of nitrogens with two attached hydrogens (primary N) is 1. The molecule has 0 radical (unpaired) electrons. The first-order chi connectivity index (χ1) is 8.57. The summed E-state index contributed by atoms with van der Waals surface area (Å²) in [6.07, 6.45) is -0.781. The van der Waals surface area contributed by atoms with Crippen molar-refractivity contribution >= 4 is 6.09 Å². The molecule has 0 aromatic rings. The zero-order chi connectivity index (χ0) is 14.7. The minimum absolute atomic E-state index is 0.0243. The summed E-state index contributed by atoms with van der Waals surface area (Å²) in [6, 6.07) is 0. The molecule has 2 unspecified atom stereocenters.